The van der Waals surface area contributed by atoms with E-state index in [-0.39, 0.29) is 6.04 Å². The van der Waals surface area contributed by atoms with Gasteiger partial charge < -0.3 is 4.90 Å². The van der Waals surface area contributed by atoms with Gasteiger partial charge in [-0.25, -0.2) is 4.68 Å². The summed E-state index contributed by atoms with van der Waals surface area (Å²) in [6, 6.07) is 0.427. The second-order valence-corrected chi connectivity index (χ2v) is 6.92. The van der Waals surface area contributed by atoms with Gasteiger partial charge in [-0.1, -0.05) is 18.6 Å². The van der Waals surface area contributed by atoms with Gasteiger partial charge in [-0.3, -0.25) is 9.69 Å². The van der Waals surface area contributed by atoms with Crippen molar-refractivity contribution in [1.82, 2.24) is 24.8 Å². The van der Waals surface area contributed by atoms with Gasteiger partial charge in [0.15, 0.2) is 0 Å². The standard InChI is InChI=1S/C17H29N5O/c1-3-6-15-13-22(19-18-15)16-7-11-21(12-8-16)17(23)14(2)20-9-4-5-10-20/h13-14,16H,3-12H2,1-2H3. The van der Waals surface area contributed by atoms with Crippen LogP contribution in [-0.2, 0) is 11.2 Å². The van der Waals surface area contributed by atoms with Crippen LogP contribution in [0.3, 0.4) is 0 Å². The summed E-state index contributed by atoms with van der Waals surface area (Å²) in [6.07, 6.45) is 8.59. The van der Waals surface area contributed by atoms with Gasteiger partial charge in [0.1, 0.15) is 0 Å². The minimum absolute atomic E-state index is 0.0385. The van der Waals surface area contributed by atoms with Crippen molar-refractivity contribution in [3.05, 3.63) is 11.9 Å². The zero-order valence-electron chi connectivity index (χ0n) is 14.4. The maximum atomic E-state index is 12.7. The highest BCUT2D eigenvalue weighted by atomic mass is 16.2. The molecule has 0 radical (unpaired) electrons. The van der Waals surface area contributed by atoms with E-state index >= 15 is 0 Å². The lowest BCUT2D eigenvalue weighted by atomic mass is 10.0. The molecule has 23 heavy (non-hydrogen) atoms. The second-order valence-electron chi connectivity index (χ2n) is 6.92. The van der Waals surface area contributed by atoms with Crippen molar-refractivity contribution in [2.45, 2.75) is 64.5 Å². The number of hydrogen-bond acceptors (Lipinski definition) is 4. The fourth-order valence-electron chi connectivity index (χ4n) is 3.76. The lowest BCUT2D eigenvalue weighted by Gasteiger charge is -2.35. The normalized spacial score (nSPS) is 21.7. The predicted octanol–water partition coefficient (Wildman–Crippen LogP) is 1.88. The Kier molecular flexibility index (Phi) is 5.30. The summed E-state index contributed by atoms with van der Waals surface area (Å²) in [4.78, 5) is 17.0. The first-order valence-electron chi connectivity index (χ1n) is 9.12. The molecule has 1 unspecified atom stereocenters. The Hall–Kier alpha value is -1.43. The number of hydrogen-bond donors (Lipinski definition) is 0. The molecule has 2 aliphatic heterocycles. The first-order valence-corrected chi connectivity index (χ1v) is 9.12. The molecule has 3 rings (SSSR count). The molecule has 1 amide bonds. The molecule has 128 valence electrons. The summed E-state index contributed by atoms with van der Waals surface area (Å²) in [6.45, 7) is 8.04. The molecular formula is C17H29N5O. The lowest BCUT2D eigenvalue weighted by molar-refractivity contribution is -0.137. The van der Waals surface area contributed by atoms with Crippen LogP contribution in [0.1, 0.15) is 57.7 Å². The van der Waals surface area contributed by atoms with Crippen LogP contribution in [0.15, 0.2) is 6.20 Å². The minimum atomic E-state index is 0.0385. The van der Waals surface area contributed by atoms with Crippen molar-refractivity contribution < 1.29 is 4.79 Å². The van der Waals surface area contributed by atoms with E-state index in [1.54, 1.807) is 0 Å². The third kappa shape index (κ3) is 3.74. The molecule has 1 atom stereocenters. The first-order chi connectivity index (χ1) is 11.2. The van der Waals surface area contributed by atoms with Crippen molar-refractivity contribution in [3.8, 4) is 0 Å². The topological polar surface area (TPSA) is 54.3 Å². The van der Waals surface area contributed by atoms with Crippen LogP contribution < -0.4 is 0 Å². The Balaban J connectivity index is 1.52. The Morgan fingerprint density at radius 1 is 1.26 bits per heavy atom. The van der Waals surface area contributed by atoms with Crippen molar-refractivity contribution in [1.29, 1.82) is 0 Å². The minimum Gasteiger partial charge on any atom is -0.341 e. The molecule has 0 bridgehead atoms. The lowest BCUT2D eigenvalue weighted by Crippen LogP contribution is -2.48. The van der Waals surface area contributed by atoms with Gasteiger partial charge in [-0.2, -0.15) is 0 Å². The third-order valence-corrected chi connectivity index (χ3v) is 5.26. The summed E-state index contributed by atoms with van der Waals surface area (Å²) < 4.78 is 2.01. The summed E-state index contributed by atoms with van der Waals surface area (Å²) in [5, 5.41) is 8.52. The largest absolute Gasteiger partial charge is 0.341 e. The fourth-order valence-corrected chi connectivity index (χ4v) is 3.76. The zero-order valence-corrected chi connectivity index (χ0v) is 14.4. The van der Waals surface area contributed by atoms with Gasteiger partial charge in [-0.05, 0) is 52.1 Å². The van der Waals surface area contributed by atoms with Gasteiger partial charge >= 0.3 is 0 Å². The SMILES string of the molecule is CCCc1cn(C2CCN(C(=O)C(C)N3CCCC3)CC2)nn1. The van der Waals surface area contributed by atoms with E-state index in [1.807, 2.05) is 9.58 Å². The molecule has 6 nitrogen and oxygen atoms in total. The van der Waals surface area contributed by atoms with E-state index in [1.165, 1.54) is 12.8 Å². The van der Waals surface area contributed by atoms with E-state index < -0.39 is 0 Å². The van der Waals surface area contributed by atoms with E-state index in [2.05, 4.69) is 35.3 Å². The summed E-state index contributed by atoms with van der Waals surface area (Å²) >= 11 is 0. The smallest absolute Gasteiger partial charge is 0.239 e. The molecule has 0 aromatic carbocycles. The number of carbonyl (C=O) groups is 1. The Morgan fingerprint density at radius 3 is 2.61 bits per heavy atom. The molecule has 2 aliphatic rings. The Morgan fingerprint density at radius 2 is 1.96 bits per heavy atom. The van der Waals surface area contributed by atoms with Crippen molar-refractivity contribution in [2.75, 3.05) is 26.2 Å². The molecule has 0 spiro atoms. The van der Waals surface area contributed by atoms with Crippen LogP contribution in [-0.4, -0.2) is 62.9 Å². The van der Waals surface area contributed by atoms with Crippen molar-refractivity contribution >= 4 is 5.91 Å². The average molecular weight is 319 g/mol. The molecular weight excluding hydrogens is 290 g/mol. The number of carbonyl (C=O) groups excluding carboxylic acids is 1. The van der Waals surface area contributed by atoms with Gasteiger partial charge in [0, 0.05) is 19.3 Å². The molecule has 3 heterocycles. The number of amides is 1. The second kappa shape index (κ2) is 7.43. The molecule has 2 fully saturated rings. The van der Waals surface area contributed by atoms with E-state index in [4.69, 9.17) is 0 Å². The number of likely N-dealkylation sites (tertiary alicyclic amines) is 2. The Labute approximate surface area is 138 Å². The molecule has 1 aromatic heterocycles. The van der Waals surface area contributed by atoms with Crippen LogP contribution >= 0.6 is 0 Å². The summed E-state index contributed by atoms with van der Waals surface area (Å²) in [7, 11) is 0. The summed E-state index contributed by atoms with van der Waals surface area (Å²) in [5.41, 5.74) is 1.08. The van der Waals surface area contributed by atoms with Crippen LogP contribution in [0.5, 0.6) is 0 Å². The number of piperidine rings is 1. The number of nitrogens with zero attached hydrogens (tertiary/aromatic N) is 5. The van der Waals surface area contributed by atoms with Gasteiger partial charge in [-0.15, -0.1) is 5.10 Å². The van der Waals surface area contributed by atoms with Gasteiger partial charge in [0.25, 0.3) is 0 Å². The highest BCUT2D eigenvalue weighted by Gasteiger charge is 2.30. The quantitative estimate of drug-likeness (QED) is 0.831. The van der Waals surface area contributed by atoms with E-state index in [0.717, 1.165) is 57.6 Å². The Bertz CT molecular complexity index is 515. The molecule has 1 aromatic rings. The molecule has 0 saturated carbocycles. The first kappa shape index (κ1) is 16.4. The van der Waals surface area contributed by atoms with Crippen molar-refractivity contribution in [3.63, 3.8) is 0 Å². The van der Waals surface area contributed by atoms with Gasteiger partial charge in [0.2, 0.25) is 5.91 Å². The fraction of sp³-hybridized carbons (Fsp3) is 0.824. The van der Waals surface area contributed by atoms with Crippen LogP contribution in [0, 0.1) is 0 Å². The highest BCUT2D eigenvalue weighted by Crippen LogP contribution is 2.23. The number of aromatic nitrogens is 3. The average Bonchev–Trinajstić information content (AvgIpc) is 3.26. The highest BCUT2D eigenvalue weighted by molar-refractivity contribution is 5.81. The molecule has 2 saturated heterocycles. The molecule has 0 N–H and O–H groups in total. The molecule has 6 heteroatoms. The van der Waals surface area contributed by atoms with Gasteiger partial charge in [0.05, 0.1) is 17.8 Å². The third-order valence-electron chi connectivity index (χ3n) is 5.26. The number of rotatable bonds is 5. The predicted molar refractivity (Wildman–Crippen MR) is 89.1 cm³/mol. The number of aryl methyl sites for hydroxylation is 1. The monoisotopic (exact) mass is 319 g/mol. The van der Waals surface area contributed by atoms with E-state index in [9.17, 15) is 4.79 Å². The van der Waals surface area contributed by atoms with Crippen LogP contribution in [0.25, 0.3) is 0 Å². The van der Waals surface area contributed by atoms with Crippen molar-refractivity contribution in [2.24, 2.45) is 0 Å². The maximum absolute atomic E-state index is 12.7. The zero-order chi connectivity index (χ0) is 16.2. The van der Waals surface area contributed by atoms with Crippen LogP contribution in [0.2, 0.25) is 0 Å². The summed E-state index contributed by atoms with van der Waals surface area (Å²) in [5.74, 6) is 0.301. The molecule has 0 aliphatic carbocycles. The maximum Gasteiger partial charge on any atom is 0.239 e. The van der Waals surface area contributed by atoms with Crippen LogP contribution in [0.4, 0.5) is 0 Å². The van der Waals surface area contributed by atoms with E-state index in [0.29, 0.717) is 11.9 Å².